The van der Waals surface area contributed by atoms with Crippen LogP contribution in [0.2, 0.25) is 13.1 Å². The van der Waals surface area contributed by atoms with Gasteiger partial charge in [0.05, 0.1) is 12.3 Å². The van der Waals surface area contributed by atoms with E-state index in [2.05, 4.69) is 44.9 Å². The number of nitrogens with zero attached hydrogens (tertiary/aromatic N) is 1. The molecule has 0 N–H and O–H groups in total. The molecule has 2 nitrogen and oxygen atoms in total. The molecule has 0 bridgehead atoms. The van der Waals surface area contributed by atoms with Crippen molar-refractivity contribution in [2.45, 2.75) is 45.9 Å². The zero-order chi connectivity index (χ0) is 11.5. The molecule has 1 aromatic heterocycles. The lowest BCUT2D eigenvalue weighted by molar-refractivity contribution is 0.309. The van der Waals surface area contributed by atoms with Crippen molar-refractivity contribution in [3.05, 3.63) is 29.6 Å². The van der Waals surface area contributed by atoms with Crippen LogP contribution in [0.5, 0.6) is 0 Å². The van der Waals surface area contributed by atoms with E-state index < -0.39 is 9.04 Å². The maximum absolute atomic E-state index is 5.76. The summed E-state index contributed by atoms with van der Waals surface area (Å²) < 4.78 is 5.76. The van der Waals surface area contributed by atoms with Gasteiger partial charge in [0.25, 0.3) is 0 Å². The van der Waals surface area contributed by atoms with Crippen molar-refractivity contribution in [3.63, 3.8) is 0 Å². The van der Waals surface area contributed by atoms with Crippen LogP contribution in [0.15, 0.2) is 18.3 Å². The van der Waals surface area contributed by atoms with Crippen LogP contribution in [0, 0.1) is 0 Å². The fourth-order valence-corrected chi connectivity index (χ4v) is 2.00. The molecular formula is C12H21NOSi. The lowest BCUT2D eigenvalue weighted by Crippen LogP contribution is -2.18. The topological polar surface area (TPSA) is 22.1 Å². The minimum Gasteiger partial charge on any atom is -0.416 e. The Morgan fingerprint density at radius 2 is 2.00 bits per heavy atom. The average Bonchev–Trinajstić information content (AvgIpc) is 2.13. The summed E-state index contributed by atoms with van der Waals surface area (Å²) in [5, 5.41) is 0. The molecule has 1 heterocycles. The first-order chi connectivity index (χ1) is 6.91. The third-order valence-corrected chi connectivity index (χ3v) is 3.01. The first kappa shape index (κ1) is 12.4. The van der Waals surface area contributed by atoms with Crippen molar-refractivity contribution in [2.75, 3.05) is 0 Å². The molecule has 3 heteroatoms. The third kappa shape index (κ3) is 3.76. The van der Waals surface area contributed by atoms with Gasteiger partial charge in [-0.1, -0.05) is 26.8 Å². The van der Waals surface area contributed by atoms with Gasteiger partial charge in [0.2, 0.25) is 0 Å². The van der Waals surface area contributed by atoms with Crippen LogP contribution < -0.4 is 0 Å². The molecular weight excluding hydrogens is 202 g/mol. The molecule has 15 heavy (non-hydrogen) atoms. The number of hydrogen-bond acceptors (Lipinski definition) is 2. The molecule has 0 spiro atoms. The second kappa shape index (κ2) is 4.90. The Kier molecular flexibility index (Phi) is 4.05. The van der Waals surface area contributed by atoms with Crippen LogP contribution in [0.3, 0.4) is 0 Å². The van der Waals surface area contributed by atoms with Crippen LogP contribution in [0.4, 0.5) is 0 Å². The van der Waals surface area contributed by atoms with Crippen LogP contribution in [-0.2, 0) is 16.4 Å². The highest BCUT2D eigenvalue weighted by molar-refractivity contribution is 6.48. The van der Waals surface area contributed by atoms with E-state index >= 15 is 0 Å². The van der Waals surface area contributed by atoms with E-state index in [0.717, 1.165) is 5.69 Å². The normalized spacial score (nSPS) is 12.1. The number of pyridine rings is 1. The molecule has 0 aliphatic rings. The van der Waals surface area contributed by atoms with E-state index in [9.17, 15) is 0 Å². The molecule has 0 fully saturated rings. The van der Waals surface area contributed by atoms with Gasteiger partial charge < -0.3 is 4.43 Å². The largest absolute Gasteiger partial charge is 0.416 e. The van der Waals surface area contributed by atoms with Crippen LogP contribution in [-0.4, -0.2) is 14.0 Å². The monoisotopic (exact) mass is 223 g/mol. The van der Waals surface area contributed by atoms with Crippen LogP contribution in [0.25, 0.3) is 0 Å². The van der Waals surface area contributed by atoms with E-state index in [1.54, 1.807) is 0 Å². The van der Waals surface area contributed by atoms with Gasteiger partial charge in [-0.05, 0) is 24.7 Å². The van der Waals surface area contributed by atoms with Gasteiger partial charge in [-0.15, -0.1) is 0 Å². The first-order valence-electron chi connectivity index (χ1n) is 5.47. The highest BCUT2D eigenvalue weighted by atomic mass is 28.3. The Labute approximate surface area is 94.4 Å². The lowest BCUT2D eigenvalue weighted by Gasteiger charge is -2.21. The summed E-state index contributed by atoms with van der Waals surface area (Å²) in [6.07, 6.45) is 1.86. The van der Waals surface area contributed by atoms with Crippen LogP contribution in [0.1, 0.15) is 32.0 Å². The van der Waals surface area contributed by atoms with Crippen molar-refractivity contribution in [3.8, 4) is 0 Å². The van der Waals surface area contributed by atoms with Crippen molar-refractivity contribution in [1.29, 1.82) is 0 Å². The highest BCUT2D eigenvalue weighted by Crippen LogP contribution is 2.23. The molecule has 0 unspecified atom stereocenters. The summed E-state index contributed by atoms with van der Waals surface area (Å²) in [6, 6.07) is 4.10. The standard InChI is InChI=1S/C12H21NOSi/c1-12(2,3)11-10(7-6-8-13-11)9-14-15(4)5/h6-8,15H,9H2,1-5H3. The van der Waals surface area contributed by atoms with Crippen molar-refractivity contribution in [1.82, 2.24) is 4.98 Å². The van der Waals surface area contributed by atoms with Gasteiger partial charge in [0.1, 0.15) is 0 Å². The molecule has 1 rings (SSSR count). The van der Waals surface area contributed by atoms with Gasteiger partial charge in [0, 0.05) is 11.6 Å². The zero-order valence-electron chi connectivity index (χ0n) is 10.4. The SMILES string of the molecule is C[SiH](C)OCc1cccnc1C(C)(C)C. The summed E-state index contributed by atoms with van der Waals surface area (Å²) in [7, 11) is -0.943. The Bertz CT molecular complexity index is 318. The minimum atomic E-state index is -0.943. The second-order valence-electron chi connectivity index (χ2n) is 5.12. The predicted molar refractivity (Wildman–Crippen MR) is 66.6 cm³/mol. The first-order valence-corrected chi connectivity index (χ1v) is 8.25. The summed E-state index contributed by atoms with van der Waals surface area (Å²) in [5.41, 5.74) is 2.48. The van der Waals surface area contributed by atoms with Crippen molar-refractivity contribution >= 4 is 9.04 Å². The van der Waals surface area contributed by atoms with E-state index in [0.29, 0.717) is 6.61 Å². The maximum Gasteiger partial charge on any atom is 0.171 e. The van der Waals surface area contributed by atoms with Crippen molar-refractivity contribution in [2.24, 2.45) is 0 Å². The molecule has 0 saturated carbocycles. The van der Waals surface area contributed by atoms with E-state index in [4.69, 9.17) is 4.43 Å². The van der Waals surface area contributed by atoms with Gasteiger partial charge in [-0.3, -0.25) is 4.98 Å². The predicted octanol–water partition coefficient (Wildman–Crippen LogP) is 2.88. The van der Waals surface area contributed by atoms with Crippen molar-refractivity contribution < 1.29 is 4.43 Å². The van der Waals surface area contributed by atoms with Gasteiger partial charge in [-0.2, -0.15) is 0 Å². The van der Waals surface area contributed by atoms with E-state index in [1.807, 2.05) is 12.3 Å². The number of aromatic nitrogens is 1. The molecule has 0 aliphatic carbocycles. The summed E-state index contributed by atoms with van der Waals surface area (Å²) >= 11 is 0. The van der Waals surface area contributed by atoms with Crippen LogP contribution >= 0.6 is 0 Å². The van der Waals surface area contributed by atoms with E-state index in [-0.39, 0.29) is 5.41 Å². The highest BCUT2D eigenvalue weighted by Gasteiger charge is 2.19. The Hall–Kier alpha value is -0.673. The quantitative estimate of drug-likeness (QED) is 0.735. The Morgan fingerprint density at radius 3 is 2.53 bits per heavy atom. The van der Waals surface area contributed by atoms with Gasteiger partial charge in [-0.25, -0.2) is 0 Å². The molecule has 0 atom stereocenters. The average molecular weight is 223 g/mol. The Morgan fingerprint density at radius 1 is 1.33 bits per heavy atom. The minimum absolute atomic E-state index is 0.0957. The second-order valence-corrected chi connectivity index (χ2v) is 7.55. The fourth-order valence-electron chi connectivity index (χ4n) is 1.49. The third-order valence-electron chi connectivity index (χ3n) is 2.17. The summed E-state index contributed by atoms with van der Waals surface area (Å²) in [5.74, 6) is 0. The molecule has 0 radical (unpaired) electrons. The molecule has 0 aliphatic heterocycles. The fraction of sp³-hybridized carbons (Fsp3) is 0.583. The maximum atomic E-state index is 5.76. The molecule has 0 aromatic carbocycles. The molecule has 0 saturated heterocycles. The smallest absolute Gasteiger partial charge is 0.171 e. The molecule has 0 amide bonds. The lowest BCUT2D eigenvalue weighted by atomic mass is 9.88. The summed E-state index contributed by atoms with van der Waals surface area (Å²) in [6.45, 7) is 11.6. The molecule has 84 valence electrons. The Balaban J connectivity index is 2.87. The van der Waals surface area contributed by atoms with Gasteiger partial charge in [0.15, 0.2) is 9.04 Å². The summed E-state index contributed by atoms with van der Waals surface area (Å²) in [4.78, 5) is 4.46. The zero-order valence-corrected chi connectivity index (χ0v) is 11.5. The number of hydrogen-bond donors (Lipinski definition) is 0. The van der Waals surface area contributed by atoms with E-state index in [1.165, 1.54) is 5.56 Å². The van der Waals surface area contributed by atoms with Gasteiger partial charge >= 0.3 is 0 Å². The molecule has 1 aromatic rings. The number of rotatable bonds is 3.